The summed E-state index contributed by atoms with van der Waals surface area (Å²) in [6.45, 7) is 9.10. The highest BCUT2D eigenvalue weighted by Crippen LogP contribution is 1.93. The van der Waals surface area contributed by atoms with Gasteiger partial charge in [0, 0.05) is 33.8 Å². The van der Waals surface area contributed by atoms with Gasteiger partial charge in [0.25, 0.3) is 0 Å². The fraction of sp³-hybridized carbons (Fsp3) is 0.923. The molecule has 0 aromatic carbocycles. The van der Waals surface area contributed by atoms with E-state index in [4.69, 9.17) is 4.74 Å². The first-order valence-corrected chi connectivity index (χ1v) is 6.65. The highest BCUT2D eigenvalue weighted by Gasteiger charge is 2.03. The Morgan fingerprint density at radius 2 is 2.00 bits per heavy atom. The predicted octanol–water partition coefficient (Wildman–Crippen LogP) is 2.73. The van der Waals surface area contributed by atoms with Gasteiger partial charge < -0.3 is 15.0 Å². The number of rotatable bonds is 8. The van der Waals surface area contributed by atoms with E-state index in [0.29, 0.717) is 6.10 Å². The molecule has 0 bridgehead atoms. The van der Waals surface area contributed by atoms with Crippen molar-refractivity contribution in [2.24, 2.45) is 4.99 Å². The van der Waals surface area contributed by atoms with Crippen molar-refractivity contribution in [1.82, 2.24) is 10.2 Å². The van der Waals surface area contributed by atoms with Crippen LogP contribution in [0.25, 0.3) is 0 Å². The second kappa shape index (κ2) is 13.4. The van der Waals surface area contributed by atoms with Crippen LogP contribution in [0.4, 0.5) is 0 Å². The average Bonchev–Trinajstić information content (AvgIpc) is 2.30. The van der Waals surface area contributed by atoms with Crippen LogP contribution >= 0.6 is 24.0 Å². The monoisotopic (exact) mass is 371 g/mol. The molecule has 0 rings (SSSR count). The molecule has 18 heavy (non-hydrogen) atoms. The molecule has 0 atom stereocenters. The maximum absolute atomic E-state index is 5.49. The normalized spacial score (nSPS) is 11.3. The van der Waals surface area contributed by atoms with Crippen molar-refractivity contribution in [3.05, 3.63) is 0 Å². The van der Waals surface area contributed by atoms with Gasteiger partial charge in [-0.1, -0.05) is 13.3 Å². The fourth-order valence-corrected chi connectivity index (χ4v) is 1.48. The van der Waals surface area contributed by atoms with E-state index < -0.39 is 0 Å². The summed E-state index contributed by atoms with van der Waals surface area (Å²) in [5.74, 6) is 0.975. The van der Waals surface area contributed by atoms with Gasteiger partial charge >= 0.3 is 0 Å². The highest BCUT2D eigenvalue weighted by atomic mass is 127. The zero-order valence-corrected chi connectivity index (χ0v) is 14.9. The Bertz CT molecular complexity index is 210. The van der Waals surface area contributed by atoms with Gasteiger partial charge in [-0.15, -0.1) is 24.0 Å². The van der Waals surface area contributed by atoms with Crippen molar-refractivity contribution < 1.29 is 4.74 Å². The minimum Gasteiger partial charge on any atom is -0.379 e. The zero-order chi connectivity index (χ0) is 13.1. The zero-order valence-electron chi connectivity index (χ0n) is 12.5. The molecule has 0 fully saturated rings. The van der Waals surface area contributed by atoms with Gasteiger partial charge in [-0.25, -0.2) is 0 Å². The number of nitrogens with zero attached hydrogens (tertiary/aromatic N) is 2. The van der Waals surface area contributed by atoms with Crippen molar-refractivity contribution in [2.75, 3.05) is 33.8 Å². The van der Waals surface area contributed by atoms with Crippen LogP contribution in [0.3, 0.4) is 0 Å². The predicted molar refractivity (Wildman–Crippen MR) is 90.0 cm³/mol. The lowest BCUT2D eigenvalue weighted by Crippen LogP contribution is -2.40. The van der Waals surface area contributed by atoms with Crippen LogP contribution < -0.4 is 5.32 Å². The molecule has 0 saturated carbocycles. The molecule has 0 radical (unpaired) electrons. The van der Waals surface area contributed by atoms with Gasteiger partial charge in [0.2, 0.25) is 0 Å². The van der Waals surface area contributed by atoms with Crippen molar-refractivity contribution >= 4 is 29.9 Å². The van der Waals surface area contributed by atoms with E-state index in [-0.39, 0.29) is 24.0 Å². The molecule has 0 amide bonds. The van der Waals surface area contributed by atoms with E-state index in [9.17, 15) is 0 Å². The fourth-order valence-electron chi connectivity index (χ4n) is 1.48. The van der Waals surface area contributed by atoms with Crippen molar-refractivity contribution in [3.63, 3.8) is 0 Å². The van der Waals surface area contributed by atoms with Gasteiger partial charge in [-0.2, -0.15) is 0 Å². The Morgan fingerprint density at radius 1 is 1.33 bits per heavy atom. The summed E-state index contributed by atoms with van der Waals surface area (Å²) >= 11 is 0. The highest BCUT2D eigenvalue weighted by molar-refractivity contribution is 14.0. The summed E-state index contributed by atoms with van der Waals surface area (Å²) in [5, 5.41) is 3.35. The molecule has 0 aliphatic rings. The molecular weight excluding hydrogens is 341 g/mol. The van der Waals surface area contributed by atoms with Crippen LogP contribution in [0, 0.1) is 0 Å². The number of ether oxygens (including phenoxy) is 1. The smallest absolute Gasteiger partial charge is 0.193 e. The SMILES string of the molecule is CCCCN(C)C(=NC)NCCCOC(C)C.I. The van der Waals surface area contributed by atoms with E-state index >= 15 is 0 Å². The molecule has 5 heteroatoms. The third-order valence-electron chi connectivity index (χ3n) is 2.48. The number of hydrogen-bond acceptors (Lipinski definition) is 2. The van der Waals surface area contributed by atoms with Crippen molar-refractivity contribution in [1.29, 1.82) is 0 Å². The molecular formula is C13H30IN3O. The van der Waals surface area contributed by atoms with Gasteiger partial charge in [0.1, 0.15) is 0 Å². The largest absolute Gasteiger partial charge is 0.379 e. The van der Waals surface area contributed by atoms with Gasteiger partial charge in [-0.05, 0) is 26.7 Å². The number of aliphatic imine (C=N–C) groups is 1. The lowest BCUT2D eigenvalue weighted by atomic mass is 10.3. The molecule has 1 N–H and O–H groups in total. The van der Waals surface area contributed by atoms with Crippen molar-refractivity contribution in [3.8, 4) is 0 Å². The third kappa shape index (κ3) is 11.1. The Hall–Kier alpha value is -0.0400. The third-order valence-corrected chi connectivity index (χ3v) is 2.48. The first-order chi connectivity index (χ1) is 8.11. The summed E-state index contributed by atoms with van der Waals surface area (Å²) in [4.78, 5) is 6.44. The maximum Gasteiger partial charge on any atom is 0.193 e. The van der Waals surface area contributed by atoms with E-state index in [1.807, 2.05) is 7.05 Å². The minimum atomic E-state index is 0. The van der Waals surface area contributed by atoms with Crippen LogP contribution in [0.15, 0.2) is 4.99 Å². The molecule has 0 heterocycles. The second-order valence-corrected chi connectivity index (χ2v) is 4.52. The minimum absolute atomic E-state index is 0. The van der Waals surface area contributed by atoms with E-state index in [1.165, 1.54) is 12.8 Å². The molecule has 4 nitrogen and oxygen atoms in total. The number of hydrogen-bond donors (Lipinski definition) is 1. The topological polar surface area (TPSA) is 36.9 Å². The standard InChI is InChI=1S/C13H29N3O.HI/c1-6-7-10-16(5)13(14-4)15-9-8-11-17-12(2)3;/h12H,6-11H2,1-5H3,(H,14,15);1H. The molecule has 0 saturated heterocycles. The Morgan fingerprint density at radius 3 is 2.50 bits per heavy atom. The molecule has 110 valence electrons. The summed E-state index contributed by atoms with van der Waals surface area (Å²) in [7, 11) is 3.91. The lowest BCUT2D eigenvalue weighted by Gasteiger charge is -2.21. The molecule has 0 spiro atoms. The van der Waals surface area contributed by atoms with Gasteiger partial charge in [0.05, 0.1) is 6.10 Å². The molecule has 0 aliphatic heterocycles. The quantitative estimate of drug-likeness (QED) is 0.309. The number of nitrogens with one attached hydrogen (secondary N) is 1. The summed E-state index contributed by atoms with van der Waals surface area (Å²) in [6.07, 6.45) is 3.75. The van der Waals surface area contributed by atoms with E-state index in [0.717, 1.165) is 32.1 Å². The van der Waals surface area contributed by atoms with Crippen LogP contribution in [-0.4, -0.2) is 50.8 Å². The van der Waals surface area contributed by atoms with Crippen LogP contribution in [0.5, 0.6) is 0 Å². The number of unbranched alkanes of at least 4 members (excludes halogenated alkanes) is 1. The number of guanidine groups is 1. The average molecular weight is 371 g/mol. The van der Waals surface area contributed by atoms with Crippen LogP contribution in [-0.2, 0) is 4.74 Å². The summed E-state index contributed by atoms with van der Waals surface area (Å²) < 4.78 is 5.49. The molecule has 0 aromatic heterocycles. The van der Waals surface area contributed by atoms with Gasteiger partial charge in [0.15, 0.2) is 5.96 Å². The van der Waals surface area contributed by atoms with E-state index in [2.05, 4.69) is 43.0 Å². The Labute approximate surface area is 130 Å². The Balaban J connectivity index is 0. The molecule has 0 unspecified atom stereocenters. The van der Waals surface area contributed by atoms with Crippen LogP contribution in [0.1, 0.15) is 40.0 Å². The van der Waals surface area contributed by atoms with Gasteiger partial charge in [-0.3, -0.25) is 4.99 Å². The summed E-state index contributed by atoms with van der Waals surface area (Å²) in [6, 6.07) is 0. The second-order valence-electron chi connectivity index (χ2n) is 4.52. The Kier molecular flexibility index (Phi) is 15.1. The number of halogens is 1. The lowest BCUT2D eigenvalue weighted by molar-refractivity contribution is 0.0776. The van der Waals surface area contributed by atoms with E-state index in [1.54, 1.807) is 0 Å². The molecule has 0 aromatic rings. The maximum atomic E-state index is 5.49. The first-order valence-electron chi connectivity index (χ1n) is 6.65. The molecule has 0 aliphatic carbocycles. The first kappa shape index (κ1) is 20.3. The van der Waals surface area contributed by atoms with Crippen molar-refractivity contribution in [2.45, 2.75) is 46.1 Å². The summed E-state index contributed by atoms with van der Waals surface area (Å²) in [5.41, 5.74) is 0. The van der Waals surface area contributed by atoms with Crippen LogP contribution in [0.2, 0.25) is 0 Å².